The Morgan fingerprint density at radius 3 is 2.78 bits per heavy atom. The molecule has 0 amide bonds. The van der Waals surface area contributed by atoms with Gasteiger partial charge >= 0.3 is 0 Å². The smallest absolute Gasteiger partial charge is 0.241 e. The molecule has 0 fully saturated rings. The van der Waals surface area contributed by atoms with Gasteiger partial charge < -0.3 is 10.3 Å². The maximum Gasteiger partial charge on any atom is 0.241 e. The zero-order valence-electron chi connectivity index (χ0n) is 9.75. The molecule has 0 atom stereocenters. The van der Waals surface area contributed by atoms with Crippen molar-refractivity contribution < 1.29 is 12.9 Å². The van der Waals surface area contributed by atoms with Crippen LogP contribution in [0.3, 0.4) is 0 Å². The Morgan fingerprint density at radius 2 is 2.17 bits per heavy atom. The predicted molar refractivity (Wildman–Crippen MR) is 66.1 cm³/mol. The second-order valence-electron chi connectivity index (χ2n) is 3.84. The molecule has 1 heterocycles. The number of hydrogen-bond acceptors (Lipinski definition) is 5. The van der Waals surface area contributed by atoms with Gasteiger partial charge in [0, 0.05) is 11.8 Å². The summed E-state index contributed by atoms with van der Waals surface area (Å²) in [5.41, 5.74) is 7.23. The van der Waals surface area contributed by atoms with Crippen molar-refractivity contribution in [1.29, 1.82) is 0 Å². The summed E-state index contributed by atoms with van der Waals surface area (Å²) in [7, 11) is -3.57. The number of nitrogens with one attached hydrogen (secondary N) is 1. The van der Waals surface area contributed by atoms with Crippen LogP contribution >= 0.6 is 0 Å². The van der Waals surface area contributed by atoms with Crippen molar-refractivity contribution in [1.82, 2.24) is 9.88 Å². The molecular formula is C11H13N3O3S. The van der Waals surface area contributed by atoms with Crippen molar-refractivity contribution in [2.75, 3.05) is 5.73 Å². The van der Waals surface area contributed by atoms with Crippen LogP contribution in [0.15, 0.2) is 39.9 Å². The minimum atomic E-state index is -3.57. The zero-order valence-corrected chi connectivity index (χ0v) is 10.6. The minimum absolute atomic E-state index is 0.0860. The molecule has 2 aromatic rings. The van der Waals surface area contributed by atoms with Gasteiger partial charge in [-0.1, -0.05) is 5.16 Å². The molecule has 0 unspecified atom stereocenters. The first-order valence-electron chi connectivity index (χ1n) is 5.24. The second kappa shape index (κ2) is 4.79. The molecule has 96 valence electrons. The largest absolute Gasteiger partial charge is 0.399 e. The highest BCUT2D eigenvalue weighted by atomic mass is 32.2. The Morgan fingerprint density at radius 1 is 1.39 bits per heavy atom. The lowest BCUT2D eigenvalue weighted by Crippen LogP contribution is -2.24. The minimum Gasteiger partial charge on any atom is -0.399 e. The van der Waals surface area contributed by atoms with Crippen LogP contribution in [0.1, 0.15) is 11.3 Å². The standard InChI is InChI=1S/C11H13N3O3S/c1-8-6-9(12)2-3-11(8)18(15,16)13-7-10-4-5-17-14-10/h2-6,13H,7,12H2,1H3. The van der Waals surface area contributed by atoms with Crippen molar-refractivity contribution in [3.63, 3.8) is 0 Å². The number of aryl methyl sites for hydroxylation is 1. The Labute approximate surface area is 105 Å². The van der Waals surface area contributed by atoms with Gasteiger partial charge in [-0.15, -0.1) is 0 Å². The van der Waals surface area contributed by atoms with Crippen molar-refractivity contribution in [3.8, 4) is 0 Å². The average Bonchev–Trinajstić information content (AvgIpc) is 2.78. The van der Waals surface area contributed by atoms with E-state index in [0.29, 0.717) is 16.9 Å². The number of nitrogen functional groups attached to an aromatic ring is 1. The van der Waals surface area contributed by atoms with E-state index in [0.717, 1.165) is 0 Å². The van der Waals surface area contributed by atoms with Gasteiger partial charge in [-0.25, -0.2) is 13.1 Å². The fourth-order valence-corrected chi connectivity index (χ4v) is 2.77. The van der Waals surface area contributed by atoms with E-state index in [1.165, 1.54) is 12.3 Å². The molecule has 0 saturated carbocycles. The first-order valence-corrected chi connectivity index (χ1v) is 6.72. The molecule has 0 spiro atoms. The number of hydrogen-bond donors (Lipinski definition) is 2. The number of sulfonamides is 1. The summed E-state index contributed by atoms with van der Waals surface area (Å²) < 4.78 is 31.2. The van der Waals surface area contributed by atoms with Crippen LogP contribution in [0, 0.1) is 6.92 Å². The normalized spacial score (nSPS) is 11.6. The Hall–Kier alpha value is -1.86. The van der Waals surface area contributed by atoms with E-state index in [4.69, 9.17) is 5.73 Å². The van der Waals surface area contributed by atoms with E-state index in [1.54, 1.807) is 25.1 Å². The number of nitrogens with two attached hydrogens (primary N) is 1. The molecule has 6 nitrogen and oxygen atoms in total. The lowest BCUT2D eigenvalue weighted by atomic mass is 10.2. The molecule has 0 aliphatic rings. The fraction of sp³-hybridized carbons (Fsp3) is 0.182. The van der Waals surface area contributed by atoms with Crippen molar-refractivity contribution in [2.24, 2.45) is 0 Å². The van der Waals surface area contributed by atoms with Crippen molar-refractivity contribution in [2.45, 2.75) is 18.4 Å². The first kappa shape index (κ1) is 12.6. The van der Waals surface area contributed by atoms with Gasteiger partial charge in [0.25, 0.3) is 0 Å². The highest BCUT2D eigenvalue weighted by molar-refractivity contribution is 7.89. The van der Waals surface area contributed by atoms with Gasteiger partial charge in [0.05, 0.1) is 17.1 Å². The van der Waals surface area contributed by atoms with E-state index in [-0.39, 0.29) is 11.4 Å². The average molecular weight is 267 g/mol. The summed E-state index contributed by atoms with van der Waals surface area (Å²) >= 11 is 0. The lowest BCUT2D eigenvalue weighted by Gasteiger charge is -2.08. The summed E-state index contributed by atoms with van der Waals surface area (Å²) in [4.78, 5) is 0.209. The van der Waals surface area contributed by atoms with Crippen LogP contribution < -0.4 is 10.5 Å². The van der Waals surface area contributed by atoms with Gasteiger partial charge in [-0.3, -0.25) is 0 Å². The maximum absolute atomic E-state index is 12.0. The molecule has 3 N–H and O–H groups in total. The summed E-state index contributed by atoms with van der Waals surface area (Å²) in [6, 6.07) is 6.25. The molecule has 0 aliphatic carbocycles. The summed E-state index contributed by atoms with van der Waals surface area (Å²) in [5.74, 6) is 0. The predicted octanol–water partition coefficient (Wildman–Crippen LogP) is 1.04. The van der Waals surface area contributed by atoms with E-state index < -0.39 is 10.0 Å². The molecule has 0 saturated heterocycles. The lowest BCUT2D eigenvalue weighted by molar-refractivity contribution is 0.411. The van der Waals surface area contributed by atoms with Crippen molar-refractivity contribution in [3.05, 3.63) is 41.8 Å². The topological polar surface area (TPSA) is 98.2 Å². The molecule has 1 aromatic heterocycles. The molecule has 0 radical (unpaired) electrons. The van der Waals surface area contributed by atoms with Gasteiger partial charge in [0.15, 0.2) is 0 Å². The van der Waals surface area contributed by atoms with Crippen LogP contribution in [0.4, 0.5) is 5.69 Å². The fourth-order valence-electron chi connectivity index (χ4n) is 1.55. The highest BCUT2D eigenvalue weighted by Gasteiger charge is 2.16. The van der Waals surface area contributed by atoms with E-state index >= 15 is 0 Å². The highest BCUT2D eigenvalue weighted by Crippen LogP contribution is 2.17. The van der Waals surface area contributed by atoms with Crippen LogP contribution in [-0.4, -0.2) is 13.6 Å². The van der Waals surface area contributed by atoms with E-state index in [9.17, 15) is 8.42 Å². The van der Waals surface area contributed by atoms with Gasteiger partial charge in [-0.2, -0.15) is 0 Å². The third kappa shape index (κ3) is 2.69. The molecule has 2 rings (SSSR count). The molecule has 0 bridgehead atoms. The molecule has 7 heteroatoms. The van der Waals surface area contributed by atoms with Gasteiger partial charge in [-0.05, 0) is 30.7 Å². The molecule has 1 aromatic carbocycles. The Bertz CT molecular complexity index is 636. The maximum atomic E-state index is 12.0. The second-order valence-corrected chi connectivity index (χ2v) is 5.58. The third-order valence-electron chi connectivity index (χ3n) is 2.42. The van der Waals surface area contributed by atoms with Gasteiger partial charge in [0.2, 0.25) is 10.0 Å². The monoisotopic (exact) mass is 267 g/mol. The third-order valence-corrected chi connectivity index (χ3v) is 3.98. The van der Waals surface area contributed by atoms with Crippen molar-refractivity contribution >= 4 is 15.7 Å². The molecule has 0 aliphatic heterocycles. The summed E-state index contributed by atoms with van der Waals surface area (Å²) in [5, 5.41) is 3.63. The molecule has 18 heavy (non-hydrogen) atoms. The van der Waals surface area contributed by atoms with Gasteiger partial charge in [0.1, 0.15) is 6.26 Å². The van der Waals surface area contributed by atoms with Crippen LogP contribution in [-0.2, 0) is 16.6 Å². The first-order chi connectivity index (χ1) is 8.49. The van der Waals surface area contributed by atoms with Crippen LogP contribution in [0.2, 0.25) is 0 Å². The number of benzene rings is 1. The van der Waals surface area contributed by atoms with Crippen LogP contribution in [0.5, 0.6) is 0 Å². The quantitative estimate of drug-likeness (QED) is 0.807. The number of anilines is 1. The number of rotatable bonds is 4. The Balaban J connectivity index is 2.20. The SMILES string of the molecule is Cc1cc(N)ccc1S(=O)(=O)NCc1ccon1. The van der Waals surface area contributed by atoms with Crippen LogP contribution in [0.25, 0.3) is 0 Å². The zero-order chi connectivity index (χ0) is 13.2. The summed E-state index contributed by atoms with van der Waals surface area (Å²) in [6.45, 7) is 1.78. The Kier molecular flexibility index (Phi) is 3.35. The molecular weight excluding hydrogens is 254 g/mol. The van der Waals surface area contributed by atoms with E-state index in [1.807, 2.05) is 0 Å². The summed E-state index contributed by atoms with van der Waals surface area (Å²) in [6.07, 6.45) is 1.39. The number of nitrogens with zero attached hydrogens (tertiary/aromatic N) is 1. The van der Waals surface area contributed by atoms with E-state index in [2.05, 4.69) is 14.4 Å². The number of aromatic nitrogens is 1.